The molecule has 2 amide bonds. The first kappa shape index (κ1) is 11.9. The lowest BCUT2D eigenvalue weighted by Gasteiger charge is -2.15. The van der Waals surface area contributed by atoms with E-state index >= 15 is 0 Å². The molecule has 0 aliphatic heterocycles. The average Bonchev–Trinajstić information content (AvgIpc) is 2.13. The van der Waals surface area contributed by atoms with Crippen LogP contribution in [0.5, 0.6) is 0 Å². The van der Waals surface area contributed by atoms with Crippen molar-refractivity contribution in [1.82, 2.24) is 10.2 Å². The molecule has 0 aliphatic rings. The maximum absolute atomic E-state index is 11.3. The van der Waals surface area contributed by atoms with E-state index in [1.54, 1.807) is 14.0 Å². The Bertz CT molecular complexity index is 180. The maximum Gasteiger partial charge on any atom is 0.311 e. The summed E-state index contributed by atoms with van der Waals surface area (Å²) < 4.78 is 0. The highest BCUT2D eigenvalue weighted by Gasteiger charge is 2.16. The number of hydrogen-bond acceptors (Lipinski definition) is 2. The van der Waals surface area contributed by atoms with Gasteiger partial charge in [-0.05, 0) is 13.3 Å². The number of nitrogens with one attached hydrogen (secondary N) is 1. The van der Waals surface area contributed by atoms with Gasteiger partial charge < -0.3 is 10.2 Å². The number of amides is 2. The molecule has 0 spiro atoms. The summed E-state index contributed by atoms with van der Waals surface area (Å²) in [7, 11) is 1.65. The molecule has 4 nitrogen and oxygen atoms in total. The van der Waals surface area contributed by atoms with E-state index in [-0.39, 0.29) is 0 Å². The molecular weight excluding hydrogens is 168 g/mol. The van der Waals surface area contributed by atoms with Crippen molar-refractivity contribution in [1.29, 1.82) is 0 Å². The molecule has 1 N–H and O–H groups in total. The molecule has 4 heteroatoms. The Kier molecular flexibility index (Phi) is 5.93. The minimum atomic E-state index is -0.513. The molecule has 0 heterocycles. The van der Waals surface area contributed by atoms with Gasteiger partial charge in [0, 0.05) is 20.1 Å². The summed E-state index contributed by atoms with van der Waals surface area (Å²) in [4.78, 5) is 23.8. The molecule has 0 fully saturated rings. The van der Waals surface area contributed by atoms with Gasteiger partial charge in [-0.25, -0.2) is 0 Å². The number of hydrogen-bond donors (Lipinski definition) is 1. The SMILES string of the molecule is CCCCN(C)C(=O)C(=O)NCC. The normalized spacial score (nSPS) is 9.46. The van der Waals surface area contributed by atoms with Gasteiger partial charge in [0.05, 0.1) is 0 Å². The monoisotopic (exact) mass is 186 g/mol. The Morgan fingerprint density at radius 1 is 1.31 bits per heavy atom. The Morgan fingerprint density at radius 2 is 1.92 bits per heavy atom. The van der Waals surface area contributed by atoms with Gasteiger partial charge in [0.25, 0.3) is 0 Å². The minimum absolute atomic E-state index is 0.449. The summed E-state index contributed by atoms with van der Waals surface area (Å²) in [6.07, 6.45) is 1.95. The molecular formula is C9H18N2O2. The maximum atomic E-state index is 11.3. The van der Waals surface area contributed by atoms with Gasteiger partial charge in [-0.15, -0.1) is 0 Å². The van der Waals surface area contributed by atoms with E-state index in [1.807, 2.05) is 6.92 Å². The first-order chi connectivity index (χ1) is 6.13. The highest BCUT2D eigenvalue weighted by atomic mass is 16.2. The molecule has 0 bridgehead atoms. The Labute approximate surface area is 79.3 Å². The van der Waals surface area contributed by atoms with Crippen molar-refractivity contribution in [3.8, 4) is 0 Å². The highest BCUT2D eigenvalue weighted by Crippen LogP contribution is 1.92. The van der Waals surface area contributed by atoms with E-state index in [0.29, 0.717) is 13.1 Å². The van der Waals surface area contributed by atoms with Crippen LogP contribution in [0.1, 0.15) is 26.7 Å². The van der Waals surface area contributed by atoms with E-state index in [0.717, 1.165) is 12.8 Å². The van der Waals surface area contributed by atoms with Crippen LogP contribution in [0.3, 0.4) is 0 Å². The number of nitrogens with zero attached hydrogens (tertiary/aromatic N) is 1. The lowest BCUT2D eigenvalue weighted by atomic mass is 10.3. The van der Waals surface area contributed by atoms with Crippen molar-refractivity contribution in [2.75, 3.05) is 20.1 Å². The number of carbonyl (C=O) groups is 2. The molecule has 13 heavy (non-hydrogen) atoms. The van der Waals surface area contributed by atoms with Gasteiger partial charge in [0.2, 0.25) is 0 Å². The highest BCUT2D eigenvalue weighted by molar-refractivity contribution is 6.34. The van der Waals surface area contributed by atoms with Crippen LogP contribution in [0.4, 0.5) is 0 Å². The second kappa shape index (κ2) is 6.46. The standard InChI is InChI=1S/C9H18N2O2/c1-4-6-7-11(3)9(13)8(12)10-5-2/h4-7H2,1-3H3,(H,10,12). The van der Waals surface area contributed by atoms with Gasteiger partial charge in [-0.2, -0.15) is 0 Å². The zero-order chi connectivity index (χ0) is 10.3. The van der Waals surface area contributed by atoms with Crippen molar-refractivity contribution in [3.63, 3.8) is 0 Å². The van der Waals surface area contributed by atoms with Gasteiger partial charge >= 0.3 is 11.8 Å². The van der Waals surface area contributed by atoms with Crippen LogP contribution in [-0.2, 0) is 9.59 Å². The van der Waals surface area contributed by atoms with Crippen LogP contribution in [0, 0.1) is 0 Å². The third-order valence-corrected chi connectivity index (χ3v) is 1.73. The Hall–Kier alpha value is -1.06. The van der Waals surface area contributed by atoms with Crippen molar-refractivity contribution < 1.29 is 9.59 Å². The van der Waals surface area contributed by atoms with Gasteiger partial charge in [-0.1, -0.05) is 13.3 Å². The summed E-state index contributed by atoms with van der Waals surface area (Å²) in [5.74, 6) is -0.962. The van der Waals surface area contributed by atoms with E-state index in [9.17, 15) is 9.59 Å². The zero-order valence-corrected chi connectivity index (χ0v) is 8.59. The molecule has 0 radical (unpaired) electrons. The zero-order valence-electron chi connectivity index (χ0n) is 8.59. The van der Waals surface area contributed by atoms with Crippen molar-refractivity contribution in [2.24, 2.45) is 0 Å². The Balaban J connectivity index is 3.87. The number of likely N-dealkylation sites (N-methyl/N-ethyl adjacent to an activating group) is 2. The number of unbranched alkanes of at least 4 members (excludes halogenated alkanes) is 1. The van der Waals surface area contributed by atoms with Crippen molar-refractivity contribution in [2.45, 2.75) is 26.7 Å². The summed E-state index contributed by atoms with van der Waals surface area (Å²) in [6.45, 7) is 4.97. The summed E-state index contributed by atoms with van der Waals surface area (Å²) >= 11 is 0. The predicted octanol–water partition coefficient (Wildman–Crippen LogP) is 0.381. The summed E-state index contributed by atoms with van der Waals surface area (Å²) in [5, 5.41) is 2.47. The Morgan fingerprint density at radius 3 is 2.38 bits per heavy atom. The first-order valence-electron chi connectivity index (χ1n) is 4.66. The fraction of sp³-hybridized carbons (Fsp3) is 0.778. The molecule has 0 rings (SSSR count). The third kappa shape index (κ3) is 4.50. The third-order valence-electron chi connectivity index (χ3n) is 1.73. The molecule has 0 aromatic carbocycles. The molecule has 0 saturated heterocycles. The van der Waals surface area contributed by atoms with Crippen LogP contribution in [0.15, 0.2) is 0 Å². The van der Waals surface area contributed by atoms with Crippen LogP contribution in [0.2, 0.25) is 0 Å². The van der Waals surface area contributed by atoms with Crippen molar-refractivity contribution in [3.05, 3.63) is 0 Å². The minimum Gasteiger partial charge on any atom is -0.348 e. The smallest absolute Gasteiger partial charge is 0.311 e. The molecule has 0 saturated carbocycles. The number of rotatable bonds is 4. The average molecular weight is 186 g/mol. The van der Waals surface area contributed by atoms with E-state index in [4.69, 9.17) is 0 Å². The molecule has 76 valence electrons. The van der Waals surface area contributed by atoms with Crippen LogP contribution < -0.4 is 5.32 Å². The summed E-state index contributed by atoms with van der Waals surface area (Å²) in [6, 6.07) is 0. The fourth-order valence-electron chi connectivity index (χ4n) is 0.906. The lowest BCUT2D eigenvalue weighted by molar-refractivity contribution is -0.144. The van der Waals surface area contributed by atoms with Crippen LogP contribution >= 0.6 is 0 Å². The second-order valence-corrected chi connectivity index (χ2v) is 2.94. The van der Waals surface area contributed by atoms with Crippen molar-refractivity contribution >= 4 is 11.8 Å². The second-order valence-electron chi connectivity index (χ2n) is 2.94. The predicted molar refractivity (Wildman–Crippen MR) is 51.2 cm³/mol. The van der Waals surface area contributed by atoms with Gasteiger partial charge in [0.1, 0.15) is 0 Å². The molecule has 0 aromatic heterocycles. The first-order valence-corrected chi connectivity index (χ1v) is 4.66. The molecule has 0 atom stereocenters. The molecule has 0 aromatic rings. The number of carbonyl (C=O) groups excluding carboxylic acids is 2. The van der Waals surface area contributed by atoms with Gasteiger partial charge in [-0.3, -0.25) is 9.59 Å². The topological polar surface area (TPSA) is 49.4 Å². The molecule has 0 aliphatic carbocycles. The van der Waals surface area contributed by atoms with E-state index in [1.165, 1.54) is 4.90 Å². The van der Waals surface area contributed by atoms with Crippen LogP contribution in [0.25, 0.3) is 0 Å². The van der Waals surface area contributed by atoms with E-state index < -0.39 is 11.8 Å². The van der Waals surface area contributed by atoms with Gasteiger partial charge in [0.15, 0.2) is 0 Å². The largest absolute Gasteiger partial charge is 0.348 e. The van der Waals surface area contributed by atoms with E-state index in [2.05, 4.69) is 5.32 Å². The fourth-order valence-corrected chi connectivity index (χ4v) is 0.906. The molecule has 0 unspecified atom stereocenters. The summed E-state index contributed by atoms with van der Waals surface area (Å²) in [5.41, 5.74) is 0. The quantitative estimate of drug-likeness (QED) is 0.645. The lowest BCUT2D eigenvalue weighted by Crippen LogP contribution is -2.41. The van der Waals surface area contributed by atoms with Crippen LogP contribution in [-0.4, -0.2) is 36.9 Å².